The van der Waals surface area contributed by atoms with E-state index in [1.54, 1.807) is 6.08 Å². The summed E-state index contributed by atoms with van der Waals surface area (Å²) >= 11 is 0. The highest BCUT2D eigenvalue weighted by Crippen LogP contribution is 2.35. The van der Waals surface area contributed by atoms with Gasteiger partial charge in [-0.05, 0) is 19.3 Å². The van der Waals surface area contributed by atoms with Crippen molar-refractivity contribution < 1.29 is 28.8 Å². The van der Waals surface area contributed by atoms with Crippen molar-refractivity contribution in [1.29, 1.82) is 0 Å². The van der Waals surface area contributed by atoms with Crippen LogP contribution < -0.4 is 5.32 Å². The molecule has 250 valence electrons. The molecule has 0 saturated carbocycles. The second-order valence-corrected chi connectivity index (χ2v) is 13.4. The van der Waals surface area contributed by atoms with Gasteiger partial charge in [-0.2, -0.15) is 0 Å². The van der Waals surface area contributed by atoms with Gasteiger partial charge in [-0.25, -0.2) is 4.57 Å². The molecule has 0 aliphatic heterocycles. The number of nitrogens with one attached hydrogen (secondary N) is 1. The maximum absolute atomic E-state index is 12.4. The lowest BCUT2D eigenvalue weighted by molar-refractivity contribution is -0.123. The van der Waals surface area contributed by atoms with Crippen LogP contribution in [0, 0.1) is 0 Å². The summed E-state index contributed by atoms with van der Waals surface area (Å²) in [5.41, 5.74) is 0. The van der Waals surface area contributed by atoms with Gasteiger partial charge in [0.1, 0.15) is 0 Å². The van der Waals surface area contributed by atoms with E-state index >= 15 is 0 Å². The maximum atomic E-state index is 12.4. The Hall–Kier alpha value is -0.720. The summed E-state index contributed by atoms with van der Waals surface area (Å²) in [6, 6.07) is -0.902. The third-order valence-electron chi connectivity index (χ3n) is 8.00. The number of carbonyl (C=O) groups excluding carboxylic acids is 1. The summed E-state index contributed by atoms with van der Waals surface area (Å²) in [7, 11) is -4.70. The largest absolute Gasteiger partial charge is 0.469 e. The number of hydrogen-bond acceptors (Lipinski definition) is 4. The van der Waals surface area contributed by atoms with Gasteiger partial charge in [0.05, 0.1) is 18.8 Å². The number of phosphoric ester groups is 1. The molecule has 0 heterocycles. The van der Waals surface area contributed by atoms with Gasteiger partial charge in [-0.3, -0.25) is 9.32 Å². The lowest BCUT2D eigenvalue weighted by atomic mass is 10.0. The van der Waals surface area contributed by atoms with Crippen molar-refractivity contribution in [2.75, 3.05) is 6.61 Å². The standard InChI is InChI=1S/C34H68NO6P/c1-3-5-7-9-11-13-14-15-16-17-18-19-20-22-23-25-27-29-33(36)32(31-41-42(38,39)40)35-34(37)30-28-26-24-21-12-10-8-6-4-2/h27,29,32-33,36H,3-26,28,30-31H2,1-2H3,(H,35,37)(H2,38,39,40)/b29-27+/t32-,33+/m0/s1. The Morgan fingerprint density at radius 3 is 1.45 bits per heavy atom. The normalized spacial score (nSPS) is 13.5. The van der Waals surface area contributed by atoms with Crippen LogP contribution in [-0.4, -0.2) is 39.6 Å². The number of phosphoric acid groups is 1. The van der Waals surface area contributed by atoms with E-state index in [0.29, 0.717) is 6.42 Å². The molecule has 4 N–H and O–H groups in total. The monoisotopic (exact) mass is 617 g/mol. The first-order valence-electron chi connectivity index (χ1n) is 17.6. The lowest BCUT2D eigenvalue weighted by Gasteiger charge is -2.22. The van der Waals surface area contributed by atoms with Gasteiger partial charge in [0.15, 0.2) is 0 Å². The molecule has 0 unspecified atom stereocenters. The number of hydrogen-bond donors (Lipinski definition) is 4. The van der Waals surface area contributed by atoms with E-state index in [-0.39, 0.29) is 5.91 Å². The molecule has 0 spiro atoms. The van der Waals surface area contributed by atoms with E-state index in [2.05, 4.69) is 23.7 Å². The summed E-state index contributed by atoms with van der Waals surface area (Å²) < 4.78 is 15.8. The first-order chi connectivity index (χ1) is 20.3. The molecule has 0 radical (unpaired) electrons. The molecule has 0 aromatic rings. The minimum absolute atomic E-state index is 0.230. The van der Waals surface area contributed by atoms with Crippen LogP contribution >= 0.6 is 7.82 Å². The smallest absolute Gasteiger partial charge is 0.387 e. The molecule has 2 atom stereocenters. The molecule has 1 amide bonds. The van der Waals surface area contributed by atoms with Crippen molar-refractivity contribution in [3.63, 3.8) is 0 Å². The number of unbranched alkanes of at least 4 members (excludes halogenated alkanes) is 23. The van der Waals surface area contributed by atoms with Crippen molar-refractivity contribution in [3.05, 3.63) is 12.2 Å². The highest BCUT2D eigenvalue weighted by molar-refractivity contribution is 7.46. The molecule has 7 nitrogen and oxygen atoms in total. The number of aliphatic hydroxyl groups excluding tert-OH is 1. The Balaban J connectivity index is 4.02. The van der Waals surface area contributed by atoms with Gasteiger partial charge in [0.25, 0.3) is 0 Å². The van der Waals surface area contributed by atoms with Crippen molar-refractivity contribution in [2.45, 2.75) is 193 Å². The number of allylic oxidation sites excluding steroid dienone is 1. The van der Waals surface area contributed by atoms with E-state index in [0.717, 1.165) is 38.5 Å². The van der Waals surface area contributed by atoms with Crippen LogP contribution in [0.1, 0.15) is 181 Å². The summed E-state index contributed by atoms with van der Waals surface area (Å²) in [5.74, 6) is -0.230. The number of rotatable bonds is 32. The molecule has 0 aromatic carbocycles. The van der Waals surface area contributed by atoms with E-state index in [9.17, 15) is 14.5 Å². The first-order valence-corrected chi connectivity index (χ1v) is 19.2. The first kappa shape index (κ1) is 41.3. The minimum atomic E-state index is -4.70. The Kier molecular flexibility index (Phi) is 29.8. The van der Waals surface area contributed by atoms with Gasteiger partial charge in [0, 0.05) is 6.42 Å². The fourth-order valence-corrected chi connectivity index (χ4v) is 5.64. The Morgan fingerprint density at radius 2 is 1.05 bits per heavy atom. The second-order valence-electron chi connectivity index (χ2n) is 12.2. The Morgan fingerprint density at radius 1 is 0.667 bits per heavy atom. The maximum Gasteiger partial charge on any atom is 0.469 e. The fourth-order valence-electron chi connectivity index (χ4n) is 5.28. The van der Waals surface area contributed by atoms with Crippen LogP contribution in [-0.2, 0) is 13.9 Å². The molecule has 0 saturated heterocycles. The molecular weight excluding hydrogens is 549 g/mol. The van der Waals surface area contributed by atoms with Gasteiger partial charge in [-0.1, -0.05) is 167 Å². The second kappa shape index (κ2) is 30.3. The molecule has 0 aliphatic rings. The molecule has 8 heteroatoms. The van der Waals surface area contributed by atoms with Crippen LogP contribution in [0.15, 0.2) is 12.2 Å². The molecule has 0 aliphatic carbocycles. The average Bonchev–Trinajstić information content (AvgIpc) is 2.95. The third-order valence-corrected chi connectivity index (χ3v) is 8.48. The molecule has 0 bridgehead atoms. The number of amides is 1. The molecule has 0 aromatic heterocycles. The van der Waals surface area contributed by atoms with Crippen molar-refractivity contribution >= 4 is 13.7 Å². The van der Waals surface area contributed by atoms with Crippen LogP contribution in [0.25, 0.3) is 0 Å². The zero-order valence-corrected chi connectivity index (χ0v) is 28.3. The Bertz CT molecular complexity index is 668. The predicted octanol–water partition coefficient (Wildman–Crippen LogP) is 9.68. The van der Waals surface area contributed by atoms with E-state index < -0.39 is 26.6 Å². The Labute approximate surface area is 259 Å². The molecular formula is C34H68NO6P. The fraction of sp³-hybridized carbons (Fsp3) is 0.912. The van der Waals surface area contributed by atoms with Crippen LogP contribution in [0.5, 0.6) is 0 Å². The molecule has 0 fully saturated rings. The predicted molar refractivity (Wildman–Crippen MR) is 176 cm³/mol. The number of carbonyl (C=O) groups is 1. The van der Waals surface area contributed by atoms with Crippen molar-refractivity contribution in [1.82, 2.24) is 5.32 Å². The SMILES string of the molecule is CCCCCCCCCCCCCCCCC/C=C/[C@@H](O)[C@H](COP(=O)(O)O)NC(=O)CCCCCCCCCCC. The van der Waals surface area contributed by atoms with E-state index in [1.165, 1.54) is 122 Å². The zero-order chi connectivity index (χ0) is 31.2. The van der Waals surface area contributed by atoms with Gasteiger partial charge >= 0.3 is 7.82 Å². The van der Waals surface area contributed by atoms with Gasteiger partial charge in [0.2, 0.25) is 5.91 Å². The summed E-state index contributed by atoms with van der Waals surface area (Å²) in [5, 5.41) is 13.3. The quantitative estimate of drug-likeness (QED) is 0.0339. The van der Waals surface area contributed by atoms with Gasteiger partial charge in [-0.15, -0.1) is 0 Å². The summed E-state index contributed by atoms with van der Waals surface area (Å²) in [6.45, 7) is 4.03. The highest BCUT2D eigenvalue weighted by Gasteiger charge is 2.24. The summed E-state index contributed by atoms with van der Waals surface area (Å²) in [4.78, 5) is 30.6. The van der Waals surface area contributed by atoms with Crippen molar-refractivity contribution in [3.8, 4) is 0 Å². The van der Waals surface area contributed by atoms with Crippen LogP contribution in [0.2, 0.25) is 0 Å². The summed E-state index contributed by atoms with van der Waals surface area (Å²) in [6.07, 6.45) is 33.8. The lowest BCUT2D eigenvalue weighted by Crippen LogP contribution is -2.45. The van der Waals surface area contributed by atoms with Crippen LogP contribution in [0.3, 0.4) is 0 Å². The molecule has 0 rings (SSSR count). The topological polar surface area (TPSA) is 116 Å². The zero-order valence-electron chi connectivity index (χ0n) is 27.4. The van der Waals surface area contributed by atoms with Gasteiger partial charge < -0.3 is 20.2 Å². The number of aliphatic hydroxyl groups is 1. The van der Waals surface area contributed by atoms with Crippen molar-refractivity contribution in [2.24, 2.45) is 0 Å². The van der Waals surface area contributed by atoms with E-state index in [1.807, 2.05) is 6.08 Å². The minimum Gasteiger partial charge on any atom is -0.387 e. The average molecular weight is 618 g/mol. The van der Waals surface area contributed by atoms with E-state index in [4.69, 9.17) is 9.79 Å². The molecule has 42 heavy (non-hydrogen) atoms. The highest BCUT2D eigenvalue weighted by atomic mass is 31.2. The third kappa shape index (κ3) is 30.7. The van der Waals surface area contributed by atoms with Crippen LogP contribution in [0.4, 0.5) is 0 Å².